The number of hydrogen-bond donors (Lipinski definition) is 1. The van der Waals surface area contributed by atoms with Crippen LogP contribution in [0.15, 0.2) is 23.1 Å². The van der Waals surface area contributed by atoms with Gasteiger partial charge in [-0.2, -0.15) is 0 Å². The molecule has 0 aliphatic heterocycles. The molecule has 3 unspecified atom stereocenters. The van der Waals surface area contributed by atoms with Crippen molar-refractivity contribution in [1.29, 1.82) is 0 Å². The highest BCUT2D eigenvalue weighted by atomic mass is 32.1. The predicted octanol–water partition coefficient (Wildman–Crippen LogP) is 5.80. The molecule has 0 saturated heterocycles. The van der Waals surface area contributed by atoms with Crippen LogP contribution in [0.3, 0.4) is 0 Å². The first-order valence-corrected chi connectivity index (χ1v) is 13.0. The lowest BCUT2D eigenvalue weighted by atomic mass is 9.54. The van der Waals surface area contributed by atoms with Crippen molar-refractivity contribution in [2.24, 2.45) is 23.2 Å². The van der Waals surface area contributed by atoms with Gasteiger partial charge in [0.1, 0.15) is 11.3 Å². The minimum atomic E-state index is -0.344. The van der Waals surface area contributed by atoms with E-state index in [0.29, 0.717) is 48.0 Å². The van der Waals surface area contributed by atoms with Gasteiger partial charge in [-0.25, -0.2) is 14.4 Å². The van der Waals surface area contributed by atoms with Crippen molar-refractivity contribution in [3.8, 4) is 0 Å². The number of ketones is 1. The van der Waals surface area contributed by atoms with Crippen molar-refractivity contribution in [3.05, 3.63) is 40.5 Å². The summed E-state index contributed by atoms with van der Waals surface area (Å²) in [5, 5.41) is 3.52. The molecule has 2 saturated carbocycles. The molecule has 34 heavy (non-hydrogen) atoms. The van der Waals surface area contributed by atoms with Crippen LogP contribution in [-0.4, -0.2) is 21.7 Å². The highest BCUT2D eigenvalue weighted by Gasteiger charge is 2.58. The van der Waals surface area contributed by atoms with Crippen LogP contribution in [0.25, 0.3) is 11.1 Å². The minimum absolute atomic E-state index is 0.0488. The van der Waals surface area contributed by atoms with E-state index >= 15 is 4.39 Å². The lowest BCUT2D eigenvalue weighted by Gasteiger charge is -2.50. The number of aryl methyl sites for hydroxylation is 1. The van der Waals surface area contributed by atoms with E-state index in [2.05, 4.69) is 22.2 Å². The third-order valence-corrected chi connectivity index (χ3v) is 9.55. The number of oxazole rings is 1. The summed E-state index contributed by atoms with van der Waals surface area (Å²) < 4.78 is 20.5. The molecule has 6 nitrogen and oxygen atoms in total. The van der Waals surface area contributed by atoms with Crippen molar-refractivity contribution < 1.29 is 18.4 Å². The summed E-state index contributed by atoms with van der Waals surface area (Å²) in [6.07, 6.45) is 7.88. The number of Topliss-reactive ketones (excluding diaryl/α,β-unsaturated/α-hetero) is 1. The second-order valence-electron chi connectivity index (χ2n) is 10.5. The molecule has 3 aliphatic rings. The number of carbonyl (C=O) groups is 2. The molecule has 178 valence electrons. The highest BCUT2D eigenvalue weighted by molar-refractivity contribution is 7.15. The molecule has 8 heteroatoms. The number of anilines is 1. The number of nitrogens with one attached hydrogen (secondary N) is 1. The van der Waals surface area contributed by atoms with E-state index in [1.54, 1.807) is 6.20 Å². The summed E-state index contributed by atoms with van der Waals surface area (Å²) in [5.74, 6) is 0.946. The maximum absolute atomic E-state index is 15.2. The summed E-state index contributed by atoms with van der Waals surface area (Å²) in [6, 6.07) is 2.01. The van der Waals surface area contributed by atoms with Crippen LogP contribution in [-0.2, 0) is 16.0 Å². The maximum atomic E-state index is 15.2. The van der Waals surface area contributed by atoms with E-state index in [0.717, 1.165) is 35.3 Å². The molecule has 0 radical (unpaired) electrons. The number of benzene rings is 1. The Kier molecular flexibility index (Phi) is 5.13. The summed E-state index contributed by atoms with van der Waals surface area (Å²) in [4.78, 5) is 35.3. The fraction of sp³-hybridized carbons (Fsp3) is 0.538. The SMILES string of the molecule is Cc1cnc(NC(=O)CC[C@@H]2CC(=O)[C@@]3(C)CCC4c5cc6ncoc6c(F)c5CCC4C23)s1. The number of thiazole rings is 1. The highest BCUT2D eigenvalue weighted by Crippen LogP contribution is 2.62. The largest absolute Gasteiger partial charge is 0.440 e. The van der Waals surface area contributed by atoms with Crippen LogP contribution in [0.4, 0.5) is 9.52 Å². The average Bonchev–Trinajstić information content (AvgIpc) is 3.50. The number of amides is 1. The molecule has 1 N–H and O–H groups in total. The molecule has 3 aliphatic carbocycles. The Morgan fingerprint density at radius 1 is 1.35 bits per heavy atom. The molecule has 5 atom stereocenters. The predicted molar refractivity (Wildman–Crippen MR) is 127 cm³/mol. The number of fused-ring (bicyclic) bond motifs is 6. The number of nitrogens with zero attached hydrogens (tertiary/aromatic N) is 2. The maximum Gasteiger partial charge on any atom is 0.226 e. The minimum Gasteiger partial charge on any atom is -0.440 e. The average molecular weight is 482 g/mol. The van der Waals surface area contributed by atoms with Crippen LogP contribution < -0.4 is 5.32 Å². The van der Waals surface area contributed by atoms with Gasteiger partial charge in [0, 0.05) is 29.3 Å². The van der Waals surface area contributed by atoms with Crippen LogP contribution in [0.5, 0.6) is 0 Å². The number of aromatic nitrogens is 2. The van der Waals surface area contributed by atoms with Gasteiger partial charge >= 0.3 is 0 Å². The standard InChI is InChI=1S/C26H28FN3O3S/c1-13-11-28-25(34-13)30-21(32)6-3-14-9-20(31)26(2)8-7-15-16(22(14)26)4-5-17-18(15)10-19-24(23(17)27)33-12-29-19/h10-12,14-16,22H,3-9H2,1-2H3,(H,28,30,32)/t14-,15?,16?,22?,26-/m1/s1. The first kappa shape index (κ1) is 21.9. The fourth-order valence-electron chi connectivity index (χ4n) is 7.23. The first-order chi connectivity index (χ1) is 16.3. The van der Waals surface area contributed by atoms with Gasteiger partial charge in [-0.05, 0) is 79.9 Å². The molecule has 6 rings (SSSR count). The number of hydrogen-bond acceptors (Lipinski definition) is 6. The summed E-state index contributed by atoms with van der Waals surface area (Å²) in [7, 11) is 0. The number of carbonyl (C=O) groups excluding carboxylic acids is 2. The number of halogens is 1. The Bertz CT molecular complexity index is 1300. The lowest BCUT2D eigenvalue weighted by Crippen LogP contribution is -2.44. The monoisotopic (exact) mass is 481 g/mol. The zero-order valence-corrected chi connectivity index (χ0v) is 20.2. The molecule has 0 bridgehead atoms. The van der Waals surface area contributed by atoms with Crippen molar-refractivity contribution in [2.75, 3.05) is 5.32 Å². The Hall–Kier alpha value is -2.61. The topological polar surface area (TPSA) is 85.1 Å². The molecule has 1 aromatic carbocycles. The first-order valence-electron chi connectivity index (χ1n) is 12.1. The summed E-state index contributed by atoms with van der Waals surface area (Å²) in [5.41, 5.74) is 2.27. The van der Waals surface area contributed by atoms with E-state index in [1.807, 2.05) is 13.0 Å². The Labute approximate surface area is 201 Å². The van der Waals surface area contributed by atoms with E-state index in [4.69, 9.17) is 4.42 Å². The van der Waals surface area contributed by atoms with E-state index in [-0.39, 0.29) is 40.5 Å². The van der Waals surface area contributed by atoms with E-state index in [1.165, 1.54) is 17.7 Å². The quantitative estimate of drug-likeness (QED) is 0.509. The second kappa shape index (κ2) is 7.97. The summed E-state index contributed by atoms with van der Waals surface area (Å²) in [6.45, 7) is 4.09. The molecule has 2 aromatic heterocycles. The molecule has 3 aromatic rings. The normalized spacial score (nSPS) is 30.1. The van der Waals surface area contributed by atoms with E-state index in [9.17, 15) is 9.59 Å². The molecular formula is C26H28FN3O3S. The molecule has 1 amide bonds. The van der Waals surface area contributed by atoms with Crippen molar-refractivity contribution in [2.45, 2.75) is 64.7 Å². The van der Waals surface area contributed by atoms with Gasteiger partial charge in [0.15, 0.2) is 22.9 Å². The molecule has 2 heterocycles. The van der Waals surface area contributed by atoms with Crippen molar-refractivity contribution in [3.63, 3.8) is 0 Å². The van der Waals surface area contributed by atoms with Gasteiger partial charge in [0.2, 0.25) is 5.91 Å². The molecule has 2 fully saturated rings. The zero-order valence-electron chi connectivity index (χ0n) is 19.4. The Morgan fingerprint density at radius 2 is 2.21 bits per heavy atom. The van der Waals surface area contributed by atoms with Crippen molar-refractivity contribution in [1.82, 2.24) is 9.97 Å². The number of rotatable bonds is 4. The van der Waals surface area contributed by atoms with E-state index < -0.39 is 0 Å². The smallest absolute Gasteiger partial charge is 0.226 e. The third kappa shape index (κ3) is 3.33. The van der Waals surface area contributed by atoms with Gasteiger partial charge in [-0.1, -0.05) is 6.92 Å². The van der Waals surface area contributed by atoms with Gasteiger partial charge in [0.25, 0.3) is 0 Å². The van der Waals surface area contributed by atoms with Crippen LogP contribution in [0, 0.1) is 35.9 Å². The molecular weight excluding hydrogens is 453 g/mol. The van der Waals surface area contributed by atoms with Crippen LogP contribution in [0.1, 0.15) is 67.4 Å². The Balaban J connectivity index is 1.25. The van der Waals surface area contributed by atoms with Gasteiger partial charge in [0.05, 0.1) is 0 Å². The third-order valence-electron chi connectivity index (χ3n) is 8.72. The van der Waals surface area contributed by atoms with Gasteiger partial charge in [-0.3, -0.25) is 9.59 Å². The van der Waals surface area contributed by atoms with Crippen LogP contribution >= 0.6 is 11.3 Å². The van der Waals surface area contributed by atoms with Crippen molar-refractivity contribution >= 4 is 39.3 Å². The second-order valence-corrected chi connectivity index (χ2v) is 11.7. The Morgan fingerprint density at radius 3 is 3.00 bits per heavy atom. The van der Waals surface area contributed by atoms with Crippen LogP contribution in [0.2, 0.25) is 0 Å². The van der Waals surface area contributed by atoms with Gasteiger partial charge in [-0.15, -0.1) is 11.3 Å². The lowest BCUT2D eigenvalue weighted by molar-refractivity contribution is -0.129. The summed E-state index contributed by atoms with van der Waals surface area (Å²) >= 11 is 1.46. The zero-order chi connectivity index (χ0) is 23.6. The molecule has 0 spiro atoms. The fourth-order valence-corrected chi connectivity index (χ4v) is 7.91. The van der Waals surface area contributed by atoms with Gasteiger partial charge < -0.3 is 9.73 Å².